The highest BCUT2D eigenvalue weighted by molar-refractivity contribution is 5.90. The second-order valence-corrected chi connectivity index (χ2v) is 4.92. The molecule has 0 aliphatic carbocycles. The molecule has 2 aromatic carbocycles. The Bertz CT molecular complexity index is 822. The fourth-order valence-corrected chi connectivity index (χ4v) is 2.28. The standard InChI is InChI=1S/C18H16N2O3/c1-22-16-8-6-15(7-9-16)20-11-10-17(19-20)13-4-3-5-14(12-13)18(21)23-2/h3-12H,1-2H3. The number of rotatable bonds is 4. The van der Waals surface area contributed by atoms with Crippen LogP contribution in [0.1, 0.15) is 10.4 Å². The van der Waals surface area contributed by atoms with Gasteiger partial charge in [-0.25, -0.2) is 9.48 Å². The van der Waals surface area contributed by atoms with Gasteiger partial charge in [0.15, 0.2) is 0 Å². The van der Waals surface area contributed by atoms with Crippen LogP contribution in [0.2, 0.25) is 0 Å². The molecular formula is C18H16N2O3. The Kier molecular flexibility index (Phi) is 4.10. The first-order chi connectivity index (χ1) is 11.2. The highest BCUT2D eigenvalue weighted by Gasteiger charge is 2.09. The Morgan fingerprint density at radius 1 is 1.04 bits per heavy atom. The number of aromatic nitrogens is 2. The highest BCUT2D eigenvalue weighted by atomic mass is 16.5. The minimum atomic E-state index is -0.360. The van der Waals surface area contributed by atoms with E-state index in [4.69, 9.17) is 9.47 Å². The second-order valence-electron chi connectivity index (χ2n) is 4.92. The summed E-state index contributed by atoms with van der Waals surface area (Å²) in [6, 6.07) is 16.7. The van der Waals surface area contributed by atoms with E-state index in [0.717, 1.165) is 22.7 Å². The van der Waals surface area contributed by atoms with Gasteiger partial charge in [-0.1, -0.05) is 12.1 Å². The molecule has 0 aliphatic rings. The van der Waals surface area contributed by atoms with E-state index in [1.54, 1.807) is 23.9 Å². The maximum absolute atomic E-state index is 11.6. The van der Waals surface area contributed by atoms with Gasteiger partial charge in [-0.15, -0.1) is 0 Å². The van der Waals surface area contributed by atoms with E-state index in [1.807, 2.05) is 48.7 Å². The van der Waals surface area contributed by atoms with E-state index >= 15 is 0 Å². The number of nitrogens with zero attached hydrogens (tertiary/aromatic N) is 2. The number of carbonyl (C=O) groups excluding carboxylic acids is 1. The van der Waals surface area contributed by atoms with E-state index in [2.05, 4.69) is 5.10 Å². The zero-order valence-corrected chi connectivity index (χ0v) is 12.9. The Morgan fingerprint density at radius 3 is 2.52 bits per heavy atom. The van der Waals surface area contributed by atoms with Crippen LogP contribution >= 0.6 is 0 Å². The minimum Gasteiger partial charge on any atom is -0.497 e. The van der Waals surface area contributed by atoms with Crippen molar-refractivity contribution in [2.75, 3.05) is 14.2 Å². The van der Waals surface area contributed by atoms with E-state index in [0.29, 0.717) is 5.56 Å². The molecule has 5 heteroatoms. The molecule has 3 rings (SSSR count). The third-order valence-electron chi connectivity index (χ3n) is 3.51. The Labute approximate surface area is 134 Å². The molecule has 0 atom stereocenters. The number of hydrogen-bond acceptors (Lipinski definition) is 4. The lowest BCUT2D eigenvalue weighted by Crippen LogP contribution is -2.01. The number of carbonyl (C=O) groups is 1. The second kappa shape index (κ2) is 6.36. The Balaban J connectivity index is 1.90. The van der Waals surface area contributed by atoms with E-state index in [1.165, 1.54) is 7.11 Å². The van der Waals surface area contributed by atoms with Crippen molar-refractivity contribution in [2.45, 2.75) is 0 Å². The summed E-state index contributed by atoms with van der Waals surface area (Å²) in [6.45, 7) is 0. The first kappa shape index (κ1) is 14.8. The van der Waals surface area contributed by atoms with Gasteiger partial charge in [-0.3, -0.25) is 0 Å². The summed E-state index contributed by atoms with van der Waals surface area (Å²) in [4.78, 5) is 11.6. The van der Waals surface area contributed by atoms with Crippen LogP contribution in [0.4, 0.5) is 0 Å². The molecule has 1 heterocycles. The predicted molar refractivity (Wildman–Crippen MR) is 86.9 cm³/mol. The van der Waals surface area contributed by atoms with Gasteiger partial charge in [0, 0.05) is 11.8 Å². The number of benzene rings is 2. The summed E-state index contributed by atoms with van der Waals surface area (Å²) in [7, 11) is 3.00. The topological polar surface area (TPSA) is 53.4 Å². The minimum absolute atomic E-state index is 0.360. The monoisotopic (exact) mass is 308 g/mol. The van der Waals surface area contributed by atoms with Crippen molar-refractivity contribution in [3.63, 3.8) is 0 Å². The first-order valence-electron chi connectivity index (χ1n) is 7.10. The van der Waals surface area contributed by atoms with Crippen molar-refractivity contribution in [3.8, 4) is 22.7 Å². The molecule has 0 amide bonds. The van der Waals surface area contributed by atoms with Gasteiger partial charge in [-0.05, 0) is 42.5 Å². The van der Waals surface area contributed by atoms with Gasteiger partial charge in [0.25, 0.3) is 0 Å². The molecule has 0 bridgehead atoms. The number of ether oxygens (including phenoxy) is 2. The lowest BCUT2D eigenvalue weighted by Gasteiger charge is -2.04. The lowest BCUT2D eigenvalue weighted by atomic mass is 10.1. The third-order valence-corrected chi connectivity index (χ3v) is 3.51. The quantitative estimate of drug-likeness (QED) is 0.694. The molecule has 0 radical (unpaired) electrons. The SMILES string of the molecule is COC(=O)c1cccc(-c2ccn(-c3ccc(OC)cc3)n2)c1. The van der Waals surface area contributed by atoms with Crippen molar-refractivity contribution in [2.24, 2.45) is 0 Å². The van der Waals surface area contributed by atoms with Crippen LogP contribution < -0.4 is 4.74 Å². The molecular weight excluding hydrogens is 292 g/mol. The zero-order valence-electron chi connectivity index (χ0n) is 12.9. The molecule has 116 valence electrons. The van der Waals surface area contributed by atoms with Gasteiger partial charge in [-0.2, -0.15) is 5.10 Å². The molecule has 0 fully saturated rings. The van der Waals surface area contributed by atoms with Crippen LogP contribution in [-0.4, -0.2) is 30.0 Å². The van der Waals surface area contributed by atoms with E-state index < -0.39 is 0 Å². The third kappa shape index (κ3) is 3.08. The molecule has 0 saturated carbocycles. The maximum atomic E-state index is 11.6. The average molecular weight is 308 g/mol. The molecule has 5 nitrogen and oxygen atoms in total. The van der Waals surface area contributed by atoms with E-state index in [9.17, 15) is 4.79 Å². The largest absolute Gasteiger partial charge is 0.497 e. The number of hydrogen-bond donors (Lipinski definition) is 0. The Hall–Kier alpha value is -3.08. The van der Waals surface area contributed by atoms with Gasteiger partial charge in [0.1, 0.15) is 5.75 Å². The summed E-state index contributed by atoms with van der Waals surface area (Å²) < 4.78 is 11.7. The summed E-state index contributed by atoms with van der Waals surface area (Å²) in [5, 5.41) is 4.56. The summed E-state index contributed by atoms with van der Waals surface area (Å²) in [5.74, 6) is 0.438. The predicted octanol–water partition coefficient (Wildman–Crippen LogP) is 3.33. The summed E-state index contributed by atoms with van der Waals surface area (Å²) >= 11 is 0. The molecule has 0 aliphatic heterocycles. The zero-order chi connectivity index (χ0) is 16.2. The van der Waals surface area contributed by atoms with Crippen LogP contribution in [0, 0.1) is 0 Å². The molecule has 0 saturated heterocycles. The molecule has 3 aromatic rings. The normalized spacial score (nSPS) is 10.3. The van der Waals surface area contributed by atoms with Crippen LogP contribution in [-0.2, 0) is 4.74 Å². The van der Waals surface area contributed by atoms with Gasteiger partial charge < -0.3 is 9.47 Å². The fraction of sp³-hybridized carbons (Fsp3) is 0.111. The Morgan fingerprint density at radius 2 is 1.83 bits per heavy atom. The number of methoxy groups -OCH3 is 2. The maximum Gasteiger partial charge on any atom is 0.337 e. The lowest BCUT2D eigenvalue weighted by molar-refractivity contribution is 0.0601. The van der Waals surface area contributed by atoms with Crippen LogP contribution in [0.5, 0.6) is 5.75 Å². The molecule has 0 unspecified atom stereocenters. The fourth-order valence-electron chi connectivity index (χ4n) is 2.28. The van der Waals surface area contributed by atoms with E-state index in [-0.39, 0.29) is 5.97 Å². The summed E-state index contributed by atoms with van der Waals surface area (Å²) in [5.41, 5.74) is 3.08. The van der Waals surface area contributed by atoms with Gasteiger partial charge >= 0.3 is 5.97 Å². The first-order valence-corrected chi connectivity index (χ1v) is 7.10. The van der Waals surface area contributed by atoms with Crippen LogP contribution in [0.3, 0.4) is 0 Å². The van der Waals surface area contributed by atoms with Crippen molar-refractivity contribution < 1.29 is 14.3 Å². The number of esters is 1. The average Bonchev–Trinajstić information content (AvgIpc) is 3.11. The smallest absolute Gasteiger partial charge is 0.337 e. The highest BCUT2D eigenvalue weighted by Crippen LogP contribution is 2.21. The van der Waals surface area contributed by atoms with Gasteiger partial charge in [0.2, 0.25) is 0 Å². The molecule has 23 heavy (non-hydrogen) atoms. The van der Waals surface area contributed by atoms with Crippen LogP contribution in [0.25, 0.3) is 16.9 Å². The van der Waals surface area contributed by atoms with Crippen molar-refractivity contribution in [3.05, 3.63) is 66.4 Å². The van der Waals surface area contributed by atoms with Crippen molar-refractivity contribution in [1.29, 1.82) is 0 Å². The molecule has 1 aromatic heterocycles. The molecule has 0 N–H and O–H groups in total. The van der Waals surface area contributed by atoms with Gasteiger partial charge in [0.05, 0.1) is 31.2 Å². The molecule has 0 spiro atoms. The summed E-state index contributed by atoms with van der Waals surface area (Å²) in [6.07, 6.45) is 1.88. The van der Waals surface area contributed by atoms with Crippen molar-refractivity contribution >= 4 is 5.97 Å². The van der Waals surface area contributed by atoms with Crippen LogP contribution in [0.15, 0.2) is 60.8 Å². The van der Waals surface area contributed by atoms with Crippen molar-refractivity contribution in [1.82, 2.24) is 9.78 Å².